The first kappa shape index (κ1) is 18.4. The third-order valence-electron chi connectivity index (χ3n) is 5.17. The zero-order chi connectivity index (χ0) is 15.0. The summed E-state index contributed by atoms with van der Waals surface area (Å²) in [6.45, 7) is 23.6. The van der Waals surface area contributed by atoms with Crippen LogP contribution < -0.4 is 0 Å². The lowest BCUT2D eigenvalue weighted by molar-refractivity contribution is 0.0229. The Labute approximate surface area is 122 Å². The van der Waals surface area contributed by atoms with Crippen LogP contribution in [0.25, 0.3) is 0 Å². The second kappa shape index (κ2) is 5.38. The summed E-state index contributed by atoms with van der Waals surface area (Å²) in [5, 5.41) is 0. The largest absolute Gasteiger partial charge is 0.173 e. The first-order valence-electron chi connectivity index (χ1n) is 7.33. The van der Waals surface area contributed by atoms with E-state index in [1.165, 1.54) is 6.42 Å². The molecule has 0 spiro atoms. The van der Waals surface area contributed by atoms with Gasteiger partial charge in [0.25, 0.3) is 0 Å². The van der Waals surface area contributed by atoms with Crippen LogP contribution in [0.5, 0.6) is 0 Å². The molecule has 18 heavy (non-hydrogen) atoms. The van der Waals surface area contributed by atoms with Gasteiger partial charge in [-0.05, 0) is 35.0 Å². The molecule has 0 aromatic carbocycles. The third-order valence-corrected chi connectivity index (χ3v) is 5.33. The quantitative estimate of drug-likeness (QED) is 0.546. The summed E-state index contributed by atoms with van der Waals surface area (Å²) in [5.74, 6) is 0.719. The van der Waals surface area contributed by atoms with Crippen LogP contribution in [0.2, 0.25) is 0 Å². The molecular weight excluding hydrogens is 236 g/mol. The molecule has 0 aromatic heterocycles. The van der Waals surface area contributed by atoms with Crippen LogP contribution >= 0.6 is 12.6 Å². The van der Waals surface area contributed by atoms with Crippen molar-refractivity contribution in [1.29, 1.82) is 0 Å². The molecule has 0 saturated heterocycles. The minimum atomic E-state index is 0.0999. The molecule has 0 unspecified atom stereocenters. The van der Waals surface area contributed by atoms with Gasteiger partial charge in [-0.2, -0.15) is 12.6 Å². The van der Waals surface area contributed by atoms with Gasteiger partial charge in [-0.15, -0.1) is 0 Å². The van der Waals surface area contributed by atoms with E-state index in [1.54, 1.807) is 0 Å². The van der Waals surface area contributed by atoms with Crippen molar-refractivity contribution in [2.24, 2.45) is 22.2 Å². The van der Waals surface area contributed by atoms with Crippen LogP contribution in [0.15, 0.2) is 0 Å². The second-order valence-electron chi connectivity index (χ2n) is 9.08. The van der Waals surface area contributed by atoms with Crippen LogP contribution in [-0.2, 0) is 0 Å². The van der Waals surface area contributed by atoms with Gasteiger partial charge in [0.2, 0.25) is 0 Å². The van der Waals surface area contributed by atoms with Gasteiger partial charge in [0, 0.05) is 4.75 Å². The summed E-state index contributed by atoms with van der Waals surface area (Å²) < 4.78 is 0.0999. The molecule has 0 rings (SSSR count). The molecule has 0 saturated carbocycles. The highest BCUT2D eigenvalue weighted by Crippen LogP contribution is 2.52. The van der Waals surface area contributed by atoms with Crippen molar-refractivity contribution in [3.05, 3.63) is 0 Å². The zero-order valence-corrected chi connectivity index (χ0v) is 15.3. The SMILES string of the molecule is CC(C)C(C)(C)CC(C)(C)C(C)(C)CC(C)(C)S. The molecule has 0 amide bonds. The van der Waals surface area contributed by atoms with E-state index in [4.69, 9.17) is 12.6 Å². The predicted octanol–water partition coefficient (Wildman–Crippen LogP) is 6.21. The van der Waals surface area contributed by atoms with Crippen molar-refractivity contribution in [1.82, 2.24) is 0 Å². The number of hydrogen-bond donors (Lipinski definition) is 1. The molecule has 1 heteroatoms. The van der Waals surface area contributed by atoms with E-state index < -0.39 is 0 Å². The van der Waals surface area contributed by atoms with Gasteiger partial charge in [0.15, 0.2) is 0 Å². The Hall–Kier alpha value is 0.350. The lowest BCUT2D eigenvalue weighted by atomic mass is 9.57. The topological polar surface area (TPSA) is 0 Å². The Bertz CT molecular complexity index is 264. The fourth-order valence-electron chi connectivity index (χ4n) is 2.90. The van der Waals surface area contributed by atoms with Crippen molar-refractivity contribution < 1.29 is 0 Å². The monoisotopic (exact) mass is 272 g/mol. The Morgan fingerprint density at radius 3 is 1.33 bits per heavy atom. The summed E-state index contributed by atoms with van der Waals surface area (Å²) in [6, 6.07) is 0. The molecule has 0 aliphatic rings. The van der Waals surface area contributed by atoms with E-state index in [1.807, 2.05) is 0 Å². The smallest absolute Gasteiger partial charge is 0.00784 e. The maximum atomic E-state index is 4.73. The Kier molecular flexibility index (Phi) is 5.49. The molecule has 0 heterocycles. The van der Waals surface area contributed by atoms with E-state index in [-0.39, 0.29) is 4.75 Å². The molecule has 0 aromatic rings. The highest BCUT2D eigenvalue weighted by Gasteiger charge is 2.43. The molecule has 0 atom stereocenters. The van der Waals surface area contributed by atoms with Crippen molar-refractivity contribution in [3.8, 4) is 0 Å². The summed E-state index contributed by atoms with van der Waals surface area (Å²) in [5.41, 5.74) is 1.01. The number of rotatable bonds is 6. The molecule has 0 bridgehead atoms. The standard InChI is InChI=1S/C17H36S/c1-13(2)14(3,4)11-15(5,6)16(7,8)12-17(9,10)18/h13,18H,11-12H2,1-10H3. The average Bonchev–Trinajstić information content (AvgIpc) is 1.95. The fourth-order valence-corrected chi connectivity index (χ4v) is 3.30. The third kappa shape index (κ3) is 5.15. The zero-order valence-electron chi connectivity index (χ0n) is 14.4. The summed E-state index contributed by atoms with van der Waals surface area (Å²) in [4.78, 5) is 0. The lowest BCUT2D eigenvalue weighted by Crippen LogP contribution is -2.41. The first-order chi connectivity index (χ1) is 7.61. The van der Waals surface area contributed by atoms with Gasteiger partial charge in [-0.1, -0.05) is 69.2 Å². The van der Waals surface area contributed by atoms with Crippen LogP contribution in [0.3, 0.4) is 0 Å². The van der Waals surface area contributed by atoms with E-state index in [9.17, 15) is 0 Å². The Balaban J connectivity index is 5.02. The second-order valence-corrected chi connectivity index (χ2v) is 10.3. The summed E-state index contributed by atoms with van der Waals surface area (Å²) in [6.07, 6.45) is 2.40. The minimum Gasteiger partial charge on any atom is -0.173 e. The van der Waals surface area contributed by atoms with Crippen LogP contribution in [0.4, 0.5) is 0 Å². The van der Waals surface area contributed by atoms with Gasteiger partial charge in [-0.3, -0.25) is 0 Å². The summed E-state index contributed by atoms with van der Waals surface area (Å²) >= 11 is 4.73. The molecule has 0 nitrogen and oxygen atoms in total. The maximum Gasteiger partial charge on any atom is 0.00784 e. The van der Waals surface area contributed by atoms with Gasteiger partial charge in [0.1, 0.15) is 0 Å². The molecule has 0 N–H and O–H groups in total. The van der Waals surface area contributed by atoms with Crippen LogP contribution in [0.1, 0.15) is 82.1 Å². The normalized spacial score (nSPS) is 15.3. The van der Waals surface area contributed by atoms with Gasteiger partial charge < -0.3 is 0 Å². The van der Waals surface area contributed by atoms with Crippen molar-refractivity contribution in [2.75, 3.05) is 0 Å². The molecule has 0 fully saturated rings. The molecule has 0 radical (unpaired) electrons. The van der Waals surface area contributed by atoms with Crippen LogP contribution in [-0.4, -0.2) is 4.75 Å². The van der Waals surface area contributed by atoms with Crippen molar-refractivity contribution in [3.63, 3.8) is 0 Å². The fraction of sp³-hybridized carbons (Fsp3) is 1.00. The molecule has 0 aliphatic heterocycles. The average molecular weight is 273 g/mol. The number of hydrogen-bond acceptors (Lipinski definition) is 1. The Morgan fingerprint density at radius 1 is 0.722 bits per heavy atom. The molecule has 110 valence electrons. The van der Waals surface area contributed by atoms with Gasteiger partial charge in [-0.25, -0.2) is 0 Å². The van der Waals surface area contributed by atoms with E-state index >= 15 is 0 Å². The van der Waals surface area contributed by atoms with E-state index in [0.717, 1.165) is 12.3 Å². The van der Waals surface area contributed by atoms with E-state index in [0.29, 0.717) is 16.2 Å². The van der Waals surface area contributed by atoms with Crippen molar-refractivity contribution >= 4 is 12.6 Å². The van der Waals surface area contributed by atoms with E-state index in [2.05, 4.69) is 69.2 Å². The highest BCUT2D eigenvalue weighted by molar-refractivity contribution is 7.81. The Morgan fingerprint density at radius 2 is 1.06 bits per heavy atom. The first-order valence-corrected chi connectivity index (χ1v) is 7.78. The molecule has 0 aliphatic carbocycles. The minimum absolute atomic E-state index is 0.0999. The maximum absolute atomic E-state index is 4.73. The van der Waals surface area contributed by atoms with Gasteiger partial charge >= 0.3 is 0 Å². The highest BCUT2D eigenvalue weighted by atomic mass is 32.1. The summed E-state index contributed by atoms with van der Waals surface area (Å²) in [7, 11) is 0. The van der Waals surface area contributed by atoms with Gasteiger partial charge in [0.05, 0.1) is 0 Å². The van der Waals surface area contributed by atoms with Crippen LogP contribution in [0, 0.1) is 22.2 Å². The molecular formula is C17H36S. The van der Waals surface area contributed by atoms with Crippen molar-refractivity contribution in [2.45, 2.75) is 86.8 Å². The predicted molar refractivity (Wildman–Crippen MR) is 88.5 cm³/mol. The lowest BCUT2D eigenvalue weighted by Gasteiger charge is -2.49. The number of thiol groups is 1.